The van der Waals surface area contributed by atoms with Crippen molar-refractivity contribution in [3.05, 3.63) is 24.3 Å². The number of hydrogen-bond acceptors (Lipinski definition) is 3. The molecule has 0 amide bonds. The van der Waals surface area contributed by atoms with Crippen LogP contribution in [0, 0.1) is 5.41 Å². The Kier molecular flexibility index (Phi) is 4.63. The van der Waals surface area contributed by atoms with Gasteiger partial charge in [0.15, 0.2) is 0 Å². The largest absolute Gasteiger partial charge is 0.497 e. The van der Waals surface area contributed by atoms with Crippen LogP contribution in [0.5, 0.6) is 5.75 Å². The van der Waals surface area contributed by atoms with Crippen molar-refractivity contribution in [2.75, 3.05) is 13.7 Å². The fourth-order valence-electron chi connectivity index (χ4n) is 2.94. The van der Waals surface area contributed by atoms with Crippen LogP contribution in [0.3, 0.4) is 0 Å². The van der Waals surface area contributed by atoms with Gasteiger partial charge in [0, 0.05) is 12.6 Å². The van der Waals surface area contributed by atoms with Gasteiger partial charge < -0.3 is 4.74 Å². The first kappa shape index (κ1) is 16.3. The van der Waals surface area contributed by atoms with E-state index in [1.54, 1.807) is 35.7 Å². The van der Waals surface area contributed by atoms with Gasteiger partial charge in [0.25, 0.3) is 0 Å². The van der Waals surface area contributed by atoms with Crippen molar-refractivity contribution in [1.82, 2.24) is 4.31 Å². The predicted octanol–water partition coefficient (Wildman–Crippen LogP) is 3.28. The summed E-state index contributed by atoms with van der Waals surface area (Å²) in [5.41, 5.74) is -0.0556. The SMILES string of the molecule is COc1ccc(S(=O)(=O)N2CCCCC2C(C)(C)C)cc1. The lowest BCUT2D eigenvalue weighted by atomic mass is 9.82. The fraction of sp³-hybridized carbons (Fsp3) is 0.625. The number of benzene rings is 1. The minimum absolute atomic E-state index is 0.0540. The summed E-state index contributed by atoms with van der Waals surface area (Å²) in [6.45, 7) is 6.94. The molecule has 1 saturated heterocycles. The molecule has 4 nitrogen and oxygen atoms in total. The first-order valence-electron chi connectivity index (χ1n) is 7.43. The summed E-state index contributed by atoms with van der Waals surface area (Å²) < 4.78 is 32.6. The minimum Gasteiger partial charge on any atom is -0.497 e. The van der Waals surface area contributed by atoms with E-state index < -0.39 is 10.0 Å². The van der Waals surface area contributed by atoms with Crippen LogP contribution in [0.15, 0.2) is 29.2 Å². The van der Waals surface area contributed by atoms with Gasteiger partial charge in [-0.2, -0.15) is 4.31 Å². The second-order valence-corrected chi connectivity index (χ2v) is 8.56. The van der Waals surface area contributed by atoms with Crippen LogP contribution in [-0.4, -0.2) is 32.4 Å². The van der Waals surface area contributed by atoms with Crippen molar-refractivity contribution in [3.63, 3.8) is 0 Å². The van der Waals surface area contributed by atoms with Crippen molar-refractivity contribution in [3.8, 4) is 5.75 Å². The molecule has 0 N–H and O–H groups in total. The second-order valence-electron chi connectivity index (χ2n) is 6.67. The van der Waals surface area contributed by atoms with E-state index in [0.29, 0.717) is 17.2 Å². The number of rotatable bonds is 3. The fourth-order valence-corrected chi connectivity index (χ4v) is 4.82. The molecule has 0 saturated carbocycles. The van der Waals surface area contributed by atoms with E-state index >= 15 is 0 Å². The minimum atomic E-state index is -3.44. The monoisotopic (exact) mass is 311 g/mol. The van der Waals surface area contributed by atoms with Gasteiger partial charge in [0.1, 0.15) is 5.75 Å². The summed E-state index contributed by atoms with van der Waals surface area (Å²) in [6, 6.07) is 6.70. The molecule has 5 heteroatoms. The van der Waals surface area contributed by atoms with Crippen LogP contribution < -0.4 is 4.74 Å². The Labute approximate surface area is 128 Å². The van der Waals surface area contributed by atoms with E-state index in [9.17, 15) is 8.42 Å². The normalized spacial score (nSPS) is 21.2. The molecule has 0 bridgehead atoms. The molecule has 21 heavy (non-hydrogen) atoms. The molecule has 1 aromatic carbocycles. The number of methoxy groups -OCH3 is 1. The highest BCUT2D eigenvalue weighted by atomic mass is 32.2. The van der Waals surface area contributed by atoms with Crippen LogP contribution in [0.25, 0.3) is 0 Å². The van der Waals surface area contributed by atoms with Crippen LogP contribution in [0.1, 0.15) is 40.0 Å². The number of piperidine rings is 1. The molecule has 0 aliphatic carbocycles. The zero-order valence-electron chi connectivity index (χ0n) is 13.3. The summed E-state index contributed by atoms with van der Waals surface area (Å²) >= 11 is 0. The molecule has 0 aromatic heterocycles. The standard InChI is InChI=1S/C16H25NO3S/c1-16(2,3)15-7-5-6-12-17(15)21(18,19)14-10-8-13(20-4)9-11-14/h8-11,15H,5-7,12H2,1-4H3. The smallest absolute Gasteiger partial charge is 0.243 e. The molecule has 1 aromatic rings. The van der Waals surface area contributed by atoms with Gasteiger partial charge >= 0.3 is 0 Å². The van der Waals surface area contributed by atoms with E-state index in [-0.39, 0.29) is 11.5 Å². The average molecular weight is 311 g/mol. The highest BCUT2D eigenvalue weighted by molar-refractivity contribution is 7.89. The molecule has 1 fully saturated rings. The van der Waals surface area contributed by atoms with E-state index in [2.05, 4.69) is 20.8 Å². The van der Waals surface area contributed by atoms with Crippen LogP contribution in [0.4, 0.5) is 0 Å². The Balaban J connectivity index is 2.35. The Morgan fingerprint density at radius 3 is 2.29 bits per heavy atom. The molecule has 1 heterocycles. The van der Waals surface area contributed by atoms with Crippen molar-refractivity contribution in [2.24, 2.45) is 5.41 Å². The lowest BCUT2D eigenvalue weighted by molar-refractivity contribution is 0.136. The molecule has 1 aliphatic rings. The first-order valence-corrected chi connectivity index (χ1v) is 8.87. The molecule has 1 unspecified atom stereocenters. The van der Waals surface area contributed by atoms with Crippen molar-refractivity contribution in [1.29, 1.82) is 0 Å². The summed E-state index contributed by atoms with van der Waals surface area (Å²) in [4.78, 5) is 0.347. The molecular formula is C16H25NO3S. The van der Waals surface area contributed by atoms with E-state index in [0.717, 1.165) is 19.3 Å². The average Bonchev–Trinajstić information content (AvgIpc) is 2.46. The molecular weight excluding hydrogens is 286 g/mol. The van der Waals surface area contributed by atoms with Crippen molar-refractivity contribution < 1.29 is 13.2 Å². The molecule has 0 spiro atoms. The zero-order valence-corrected chi connectivity index (χ0v) is 14.1. The van der Waals surface area contributed by atoms with E-state index in [1.807, 2.05) is 0 Å². The van der Waals surface area contributed by atoms with Gasteiger partial charge in [-0.15, -0.1) is 0 Å². The third-order valence-electron chi connectivity index (χ3n) is 4.12. The maximum absolute atomic E-state index is 12.9. The summed E-state index contributed by atoms with van der Waals surface area (Å²) in [5, 5.41) is 0. The maximum atomic E-state index is 12.9. The molecule has 118 valence electrons. The van der Waals surface area contributed by atoms with Gasteiger partial charge in [-0.3, -0.25) is 0 Å². The molecule has 2 rings (SSSR count). The van der Waals surface area contributed by atoms with Gasteiger partial charge in [0.2, 0.25) is 10.0 Å². The molecule has 1 aliphatic heterocycles. The Morgan fingerprint density at radius 2 is 1.76 bits per heavy atom. The lowest BCUT2D eigenvalue weighted by Gasteiger charge is -2.42. The third kappa shape index (κ3) is 3.40. The van der Waals surface area contributed by atoms with Gasteiger partial charge in [-0.1, -0.05) is 27.2 Å². The topological polar surface area (TPSA) is 46.6 Å². The van der Waals surface area contributed by atoms with Crippen LogP contribution in [-0.2, 0) is 10.0 Å². The highest BCUT2D eigenvalue weighted by Crippen LogP contribution is 2.35. The Hall–Kier alpha value is -1.07. The maximum Gasteiger partial charge on any atom is 0.243 e. The van der Waals surface area contributed by atoms with E-state index in [1.165, 1.54) is 0 Å². The predicted molar refractivity (Wildman–Crippen MR) is 84.0 cm³/mol. The first-order chi connectivity index (χ1) is 9.76. The van der Waals surface area contributed by atoms with Gasteiger partial charge in [-0.25, -0.2) is 8.42 Å². The van der Waals surface area contributed by atoms with Gasteiger partial charge in [-0.05, 0) is 42.5 Å². The summed E-state index contributed by atoms with van der Waals surface area (Å²) in [7, 11) is -1.87. The number of sulfonamides is 1. The molecule has 0 radical (unpaired) electrons. The Morgan fingerprint density at radius 1 is 1.14 bits per heavy atom. The third-order valence-corrected chi connectivity index (χ3v) is 6.04. The van der Waals surface area contributed by atoms with Crippen molar-refractivity contribution in [2.45, 2.75) is 51.0 Å². The second kappa shape index (κ2) is 5.97. The summed E-state index contributed by atoms with van der Waals surface area (Å²) in [5.74, 6) is 0.667. The lowest BCUT2D eigenvalue weighted by Crippen LogP contribution is -2.49. The number of hydrogen-bond donors (Lipinski definition) is 0. The Bertz CT molecular complexity index is 573. The molecule has 1 atom stereocenters. The zero-order chi connectivity index (χ0) is 15.7. The van der Waals surface area contributed by atoms with E-state index in [4.69, 9.17) is 4.74 Å². The quantitative estimate of drug-likeness (QED) is 0.860. The number of nitrogens with zero attached hydrogens (tertiary/aromatic N) is 1. The number of ether oxygens (including phenoxy) is 1. The van der Waals surface area contributed by atoms with Crippen molar-refractivity contribution >= 4 is 10.0 Å². The van der Waals surface area contributed by atoms with Gasteiger partial charge in [0.05, 0.1) is 12.0 Å². The highest BCUT2D eigenvalue weighted by Gasteiger charge is 2.39. The summed E-state index contributed by atoms with van der Waals surface area (Å²) in [6.07, 6.45) is 2.96. The van der Waals surface area contributed by atoms with Crippen LogP contribution >= 0.6 is 0 Å². The van der Waals surface area contributed by atoms with Crippen LogP contribution in [0.2, 0.25) is 0 Å².